The Kier molecular flexibility index (Phi) is 6.52. The van der Waals surface area contributed by atoms with Crippen molar-refractivity contribution in [1.29, 1.82) is 0 Å². The van der Waals surface area contributed by atoms with Crippen LogP contribution in [0.25, 0.3) is 0 Å². The number of carbonyl (C=O) groups is 1. The Bertz CT molecular complexity index is 436. The number of esters is 1. The fourth-order valence-electron chi connectivity index (χ4n) is 2.18. The van der Waals surface area contributed by atoms with Crippen LogP contribution in [-0.4, -0.2) is 36.1 Å². The van der Waals surface area contributed by atoms with Crippen LogP contribution in [0.15, 0.2) is 0 Å². The van der Waals surface area contributed by atoms with E-state index in [1.54, 1.807) is 13.8 Å². The zero-order valence-corrected chi connectivity index (χ0v) is 14.8. The Morgan fingerprint density at radius 1 is 1.42 bits per heavy atom. The summed E-state index contributed by atoms with van der Waals surface area (Å²) in [7, 11) is -4.56. The minimum atomic E-state index is -4.56. The van der Waals surface area contributed by atoms with Crippen molar-refractivity contribution in [3.05, 3.63) is 0 Å². The zero-order valence-electron chi connectivity index (χ0n) is 13.0. The molecule has 0 bridgehead atoms. The first-order valence-corrected chi connectivity index (χ1v) is 7.31. The molecule has 0 saturated heterocycles. The number of ether oxygens (including phenoxy) is 1. The maximum absolute atomic E-state index is 11.8. The molecule has 0 aromatic heterocycles. The number of hydrogen-bond acceptors (Lipinski definition) is 5. The fourth-order valence-corrected chi connectivity index (χ4v) is 3.06. The van der Waals surface area contributed by atoms with Gasteiger partial charge in [-0.15, -0.1) is 0 Å². The SMILES string of the molecule is CC(C)COC(=O)C1C(C(O)S(=O)(=O)O)C1(C)C.[H-].[Na+]. The van der Waals surface area contributed by atoms with Gasteiger partial charge in [-0.1, -0.05) is 27.7 Å². The summed E-state index contributed by atoms with van der Waals surface area (Å²) >= 11 is 0. The topological polar surface area (TPSA) is 101 Å². The molecular weight excluding hydrogens is 283 g/mol. The molecule has 0 spiro atoms. The Hall–Kier alpha value is 0.340. The van der Waals surface area contributed by atoms with Gasteiger partial charge in [0.25, 0.3) is 10.1 Å². The van der Waals surface area contributed by atoms with Crippen molar-refractivity contribution < 1.29 is 58.6 Å². The van der Waals surface area contributed by atoms with E-state index < -0.39 is 38.8 Å². The van der Waals surface area contributed by atoms with Crippen molar-refractivity contribution in [2.45, 2.75) is 33.1 Å². The van der Waals surface area contributed by atoms with Gasteiger partial charge < -0.3 is 11.3 Å². The molecule has 3 atom stereocenters. The van der Waals surface area contributed by atoms with E-state index in [1.165, 1.54) is 0 Å². The first-order valence-electron chi connectivity index (χ1n) is 5.80. The number of hydrogen-bond donors (Lipinski definition) is 2. The molecule has 0 aliphatic heterocycles. The monoisotopic (exact) mass is 304 g/mol. The summed E-state index contributed by atoms with van der Waals surface area (Å²) in [6, 6.07) is 0. The van der Waals surface area contributed by atoms with E-state index in [1.807, 2.05) is 13.8 Å². The van der Waals surface area contributed by atoms with Gasteiger partial charge in [0.1, 0.15) is 0 Å². The minimum Gasteiger partial charge on any atom is -1.00 e. The molecule has 0 aromatic carbocycles. The summed E-state index contributed by atoms with van der Waals surface area (Å²) in [6.07, 6.45) is 0. The van der Waals surface area contributed by atoms with E-state index in [4.69, 9.17) is 9.29 Å². The van der Waals surface area contributed by atoms with Crippen LogP contribution in [0.3, 0.4) is 0 Å². The molecule has 3 unspecified atom stereocenters. The smallest absolute Gasteiger partial charge is 1.00 e. The Morgan fingerprint density at radius 2 is 1.89 bits per heavy atom. The van der Waals surface area contributed by atoms with Gasteiger partial charge in [-0.3, -0.25) is 9.35 Å². The molecule has 0 amide bonds. The fraction of sp³-hybridized carbons (Fsp3) is 0.909. The van der Waals surface area contributed by atoms with E-state index in [9.17, 15) is 18.3 Å². The number of rotatable bonds is 5. The van der Waals surface area contributed by atoms with Gasteiger partial charge in [-0.25, -0.2) is 0 Å². The van der Waals surface area contributed by atoms with Crippen LogP contribution >= 0.6 is 0 Å². The largest absolute Gasteiger partial charge is 1.00 e. The van der Waals surface area contributed by atoms with E-state index in [2.05, 4.69) is 0 Å². The predicted molar refractivity (Wildman–Crippen MR) is 65.2 cm³/mol. The van der Waals surface area contributed by atoms with Gasteiger partial charge in [0.15, 0.2) is 5.44 Å². The van der Waals surface area contributed by atoms with Crippen LogP contribution in [0.2, 0.25) is 0 Å². The number of carbonyl (C=O) groups excluding carboxylic acids is 1. The first-order chi connectivity index (χ1) is 7.99. The van der Waals surface area contributed by atoms with E-state index in [-0.39, 0.29) is 43.5 Å². The van der Waals surface area contributed by atoms with Gasteiger partial charge in [-0.2, -0.15) is 8.42 Å². The normalized spacial score (nSPS) is 26.5. The van der Waals surface area contributed by atoms with Crippen molar-refractivity contribution in [3.8, 4) is 0 Å². The van der Waals surface area contributed by atoms with Crippen molar-refractivity contribution >= 4 is 16.1 Å². The average Bonchev–Trinajstić information content (AvgIpc) is 2.75. The number of aliphatic hydroxyl groups excluding tert-OH is 1. The molecule has 1 aliphatic rings. The van der Waals surface area contributed by atoms with Crippen molar-refractivity contribution in [1.82, 2.24) is 0 Å². The van der Waals surface area contributed by atoms with Crippen LogP contribution < -0.4 is 29.6 Å². The molecule has 1 rings (SSSR count). The molecule has 0 radical (unpaired) electrons. The van der Waals surface area contributed by atoms with Crippen LogP contribution in [0.1, 0.15) is 29.1 Å². The van der Waals surface area contributed by atoms with Crippen LogP contribution in [0.4, 0.5) is 0 Å². The Morgan fingerprint density at radius 3 is 2.26 bits per heavy atom. The maximum atomic E-state index is 11.8. The van der Waals surface area contributed by atoms with Gasteiger partial charge in [0.05, 0.1) is 12.5 Å². The summed E-state index contributed by atoms with van der Waals surface area (Å²) in [6.45, 7) is 7.34. The summed E-state index contributed by atoms with van der Waals surface area (Å²) in [5.74, 6) is -1.87. The van der Waals surface area contributed by atoms with Crippen molar-refractivity contribution in [3.63, 3.8) is 0 Å². The molecule has 19 heavy (non-hydrogen) atoms. The molecule has 6 nitrogen and oxygen atoms in total. The second-order valence-corrected chi connectivity index (χ2v) is 7.27. The molecular formula is C11H21NaO6S. The molecule has 0 heterocycles. The van der Waals surface area contributed by atoms with Crippen molar-refractivity contribution in [2.75, 3.05) is 6.61 Å². The first kappa shape index (κ1) is 19.3. The summed E-state index contributed by atoms with van der Waals surface area (Å²) in [4.78, 5) is 11.8. The number of aliphatic hydroxyl groups is 1. The standard InChI is InChI=1S/C11H20O6S.Na.H/c1-6(2)5-17-9(12)7-8(11(7,3)4)10(13)18(14,15)16;;/h6-8,10,13H,5H2,1-4H3,(H,14,15,16);;/q;+1;-1. The second kappa shape index (κ2) is 6.41. The Balaban J connectivity index is 0. The van der Waals surface area contributed by atoms with Crippen LogP contribution in [0.5, 0.6) is 0 Å². The van der Waals surface area contributed by atoms with Crippen LogP contribution in [-0.2, 0) is 19.6 Å². The molecule has 1 aliphatic carbocycles. The minimum absolute atomic E-state index is 0. The zero-order chi connectivity index (χ0) is 14.3. The van der Waals surface area contributed by atoms with Gasteiger partial charge in [0.2, 0.25) is 0 Å². The predicted octanol–water partition coefficient (Wildman–Crippen LogP) is -2.22. The van der Waals surface area contributed by atoms with Gasteiger partial charge in [0, 0.05) is 5.92 Å². The Labute approximate surface area is 137 Å². The summed E-state index contributed by atoms with van der Waals surface area (Å²) in [5.41, 5.74) is -2.63. The molecule has 1 fully saturated rings. The van der Waals surface area contributed by atoms with Crippen LogP contribution in [0, 0.1) is 23.2 Å². The molecule has 2 N–H and O–H groups in total. The van der Waals surface area contributed by atoms with Gasteiger partial charge in [-0.05, 0) is 11.3 Å². The van der Waals surface area contributed by atoms with Gasteiger partial charge >= 0.3 is 35.5 Å². The quantitative estimate of drug-likeness (QED) is 0.339. The third-order valence-electron chi connectivity index (χ3n) is 3.34. The summed E-state index contributed by atoms with van der Waals surface area (Å²) in [5, 5.41) is 9.51. The second-order valence-electron chi connectivity index (χ2n) is 5.75. The third-order valence-corrected chi connectivity index (χ3v) is 4.24. The van der Waals surface area contributed by atoms with Crippen molar-refractivity contribution in [2.24, 2.45) is 23.2 Å². The van der Waals surface area contributed by atoms with E-state index in [0.29, 0.717) is 0 Å². The molecule has 1 saturated carbocycles. The van der Waals surface area contributed by atoms with E-state index >= 15 is 0 Å². The molecule has 0 aromatic rings. The molecule has 108 valence electrons. The maximum Gasteiger partial charge on any atom is 1.00 e. The summed E-state index contributed by atoms with van der Waals surface area (Å²) < 4.78 is 35.6. The average molecular weight is 304 g/mol. The van der Waals surface area contributed by atoms with E-state index in [0.717, 1.165) is 0 Å². The molecule has 8 heteroatoms. The third kappa shape index (κ3) is 4.41.